The molecule has 0 amide bonds. The van der Waals surface area contributed by atoms with Gasteiger partial charge in [0, 0.05) is 0 Å². The van der Waals surface area contributed by atoms with Crippen LogP contribution in [0.2, 0.25) is 0 Å². The van der Waals surface area contributed by atoms with Gasteiger partial charge in [0.25, 0.3) is 0 Å². The minimum absolute atomic E-state index is 0.0169. The average Bonchev–Trinajstić information content (AvgIpc) is 2.62. The van der Waals surface area contributed by atoms with Gasteiger partial charge < -0.3 is 4.74 Å². The largest absolute Gasteiger partial charge is 0.465 e. The molecule has 2 atom stereocenters. The number of hydrogen-bond donors (Lipinski definition) is 0. The summed E-state index contributed by atoms with van der Waals surface area (Å²) in [6.07, 6.45) is 3.15. The van der Waals surface area contributed by atoms with Crippen LogP contribution in [0.4, 0.5) is 0 Å². The van der Waals surface area contributed by atoms with Crippen molar-refractivity contribution >= 4 is 5.97 Å². The van der Waals surface area contributed by atoms with Crippen LogP contribution >= 0.6 is 0 Å². The van der Waals surface area contributed by atoms with Crippen molar-refractivity contribution in [1.82, 2.24) is 0 Å². The van der Waals surface area contributed by atoms with Crippen LogP contribution in [0.5, 0.6) is 0 Å². The third-order valence-electron chi connectivity index (χ3n) is 5.36. The van der Waals surface area contributed by atoms with Crippen LogP contribution in [-0.2, 0) is 9.53 Å². The molecule has 0 N–H and O–H groups in total. The van der Waals surface area contributed by atoms with E-state index in [1.807, 2.05) is 6.07 Å². The van der Waals surface area contributed by atoms with Gasteiger partial charge in [0.05, 0.1) is 7.11 Å². The third-order valence-corrected chi connectivity index (χ3v) is 5.36. The number of methoxy groups -OCH3 is 1. The number of carbonyl (C=O) groups is 1. The first-order valence-electron chi connectivity index (χ1n) is 6.10. The van der Waals surface area contributed by atoms with Gasteiger partial charge in [-0.15, -0.1) is 0 Å². The second-order valence-electron chi connectivity index (χ2n) is 5.95. The lowest BCUT2D eigenvalue weighted by molar-refractivity contribution is -0.135. The molecule has 0 aromatic carbocycles. The van der Waals surface area contributed by atoms with E-state index in [0.29, 0.717) is 5.92 Å². The van der Waals surface area contributed by atoms with Crippen LogP contribution in [0.15, 0.2) is 11.1 Å². The number of fused-ring (bicyclic) bond motifs is 2. The van der Waals surface area contributed by atoms with E-state index in [2.05, 4.69) is 20.8 Å². The molecule has 2 saturated carbocycles. The van der Waals surface area contributed by atoms with Crippen LogP contribution in [0.3, 0.4) is 0 Å². The second-order valence-corrected chi connectivity index (χ2v) is 5.95. The van der Waals surface area contributed by atoms with Crippen molar-refractivity contribution in [2.45, 2.75) is 40.0 Å². The molecule has 2 aliphatic carbocycles. The van der Waals surface area contributed by atoms with E-state index >= 15 is 0 Å². The van der Waals surface area contributed by atoms with Gasteiger partial charge in [0.2, 0.25) is 0 Å². The van der Waals surface area contributed by atoms with Crippen LogP contribution in [0.1, 0.15) is 40.0 Å². The summed E-state index contributed by atoms with van der Waals surface area (Å²) in [5.41, 5.74) is 1.42. The standard InChI is InChI=1S/C14H19NO2/c1-13(2)9-5-6-14(13,3)11(7-9)10(8-15)12(16)17-4/h9H,5-7H2,1-4H3/b11-10-/t9-,14-/m1/s1. The second kappa shape index (κ2) is 3.60. The Morgan fingerprint density at radius 2 is 2.12 bits per heavy atom. The molecule has 2 bridgehead atoms. The first-order valence-corrected chi connectivity index (χ1v) is 6.10. The summed E-state index contributed by atoms with van der Waals surface area (Å²) in [6, 6.07) is 2.05. The number of rotatable bonds is 1. The molecule has 0 aromatic rings. The third kappa shape index (κ3) is 1.36. The summed E-state index contributed by atoms with van der Waals surface area (Å²) >= 11 is 0. The molecule has 0 unspecified atom stereocenters. The predicted octanol–water partition coefficient (Wildman–Crippen LogP) is 2.83. The minimum atomic E-state index is -0.480. The Bertz CT molecular complexity index is 442. The highest BCUT2D eigenvalue weighted by atomic mass is 16.5. The van der Waals surface area contributed by atoms with Crippen molar-refractivity contribution in [3.8, 4) is 6.07 Å². The molecule has 2 fully saturated rings. The zero-order valence-electron chi connectivity index (χ0n) is 11.0. The van der Waals surface area contributed by atoms with Crippen LogP contribution in [0.25, 0.3) is 0 Å². The van der Waals surface area contributed by atoms with E-state index in [4.69, 9.17) is 4.74 Å². The zero-order valence-corrected chi connectivity index (χ0v) is 11.0. The number of ether oxygens (including phenoxy) is 1. The van der Waals surface area contributed by atoms with Crippen LogP contribution < -0.4 is 0 Å². The van der Waals surface area contributed by atoms with Gasteiger partial charge >= 0.3 is 5.97 Å². The normalized spacial score (nSPS) is 36.5. The molecule has 92 valence electrons. The van der Waals surface area contributed by atoms with Gasteiger partial charge in [-0.1, -0.05) is 20.8 Å². The Kier molecular flexibility index (Phi) is 2.57. The molecule has 17 heavy (non-hydrogen) atoms. The summed E-state index contributed by atoms with van der Waals surface area (Å²) in [7, 11) is 1.33. The van der Waals surface area contributed by atoms with Gasteiger partial charge in [-0.25, -0.2) is 4.79 Å². The van der Waals surface area contributed by atoms with E-state index < -0.39 is 5.97 Å². The fourth-order valence-electron chi connectivity index (χ4n) is 3.68. The molecule has 3 nitrogen and oxygen atoms in total. The predicted molar refractivity (Wildman–Crippen MR) is 63.9 cm³/mol. The van der Waals surface area contributed by atoms with Crippen LogP contribution in [-0.4, -0.2) is 13.1 Å². The smallest absolute Gasteiger partial charge is 0.348 e. The Hall–Kier alpha value is -1.30. The summed E-state index contributed by atoms with van der Waals surface area (Å²) in [4.78, 5) is 11.7. The van der Waals surface area contributed by atoms with E-state index in [9.17, 15) is 10.1 Å². The summed E-state index contributed by atoms with van der Waals surface area (Å²) in [5.74, 6) is 0.114. The molecule has 3 heteroatoms. The SMILES string of the molecule is COC(=O)/C(C#N)=C1/C[C@H]2CC[C@@]1(C)C2(C)C. The Labute approximate surface area is 102 Å². The van der Waals surface area contributed by atoms with Crippen molar-refractivity contribution in [1.29, 1.82) is 5.26 Å². The maximum absolute atomic E-state index is 11.7. The molecular formula is C14H19NO2. The van der Waals surface area contributed by atoms with Crippen LogP contribution in [0, 0.1) is 28.1 Å². The van der Waals surface area contributed by atoms with Crippen molar-refractivity contribution in [2.24, 2.45) is 16.7 Å². The molecule has 2 rings (SSSR count). The minimum Gasteiger partial charge on any atom is -0.465 e. The monoisotopic (exact) mass is 233 g/mol. The number of hydrogen-bond acceptors (Lipinski definition) is 3. The average molecular weight is 233 g/mol. The summed E-state index contributed by atoms with van der Waals surface area (Å²) in [5, 5.41) is 9.19. The first-order chi connectivity index (χ1) is 7.88. The maximum Gasteiger partial charge on any atom is 0.348 e. The lowest BCUT2D eigenvalue weighted by Gasteiger charge is -2.35. The Balaban J connectivity index is 2.54. The van der Waals surface area contributed by atoms with Gasteiger partial charge in [-0.3, -0.25) is 0 Å². The zero-order chi connectivity index (χ0) is 12.8. The fourth-order valence-corrected chi connectivity index (χ4v) is 3.68. The first kappa shape index (κ1) is 12.2. The maximum atomic E-state index is 11.7. The van der Waals surface area contributed by atoms with E-state index in [1.165, 1.54) is 13.5 Å². The molecule has 0 aromatic heterocycles. The highest BCUT2D eigenvalue weighted by molar-refractivity contribution is 5.94. The van der Waals surface area contributed by atoms with E-state index in [1.54, 1.807) is 0 Å². The van der Waals surface area contributed by atoms with Gasteiger partial charge in [0.1, 0.15) is 11.6 Å². The van der Waals surface area contributed by atoms with Gasteiger partial charge in [-0.2, -0.15) is 5.26 Å². The highest BCUT2D eigenvalue weighted by Gasteiger charge is 2.60. The van der Waals surface area contributed by atoms with Gasteiger partial charge in [0.15, 0.2) is 0 Å². The Morgan fingerprint density at radius 3 is 2.47 bits per heavy atom. The number of carbonyl (C=O) groups excluding carboxylic acids is 1. The summed E-state index contributed by atoms with van der Waals surface area (Å²) < 4.78 is 4.72. The highest BCUT2D eigenvalue weighted by Crippen LogP contribution is 2.68. The van der Waals surface area contributed by atoms with Crippen molar-refractivity contribution < 1.29 is 9.53 Å². The summed E-state index contributed by atoms with van der Waals surface area (Å²) in [6.45, 7) is 6.70. The molecule has 0 spiro atoms. The Morgan fingerprint density at radius 1 is 1.47 bits per heavy atom. The van der Waals surface area contributed by atoms with Gasteiger partial charge in [-0.05, 0) is 41.6 Å². The molecular weight excluding hydrogens is 214 g/mol. The molecule has 0 saturated heterocycles. The lowest BCUT2D eigenvalue weighted by Crippen LogP contribution is -2.29. The quantitative estimate of drug-likeness (QED) is 0.397. The number of nitrogens with zero attached hydrogens (tertiary/aromatic N) is 1. The van der Waals surface area contributed by atoms with E-state index in [0.717, 1.165) is 18.4 Å². The number of allylic oxidation sites excluding steroid dienone is 1. The molecule has 0 radical (unpaired) electrons. The topological polar surface area (TPSA) is 50.1 Å². The molecule has 0 aliphatic heterocycles. The molecule has 2 aliphatic rings. The number of esters is 1. The fraction of sp³-hybridized carbons (Fsp3) is 0.714. The number of nitriles is 1. The van der Waals surface area contributed by atoms with Crippen molar-refractivity contribution in [3.63, 3.8) is 0 Å². The lowest BCUT2D eigenvalue weighted by atomic mass is 9.68. The van der Waals surface area contributed by atoms with Crippen molar-refractivity contribution in [3.05, 3.63) is 11.1 Å². The van der Waals surface area contributed by atoms with E-state index in [-0.39, 0.29) is 16.4 Å². The van der Waals surface area contributed by atoms with Crippen molar-refractivity contribution in [2.75, 3.05) is 7.11 Å². The molecule has 0 heterocycles.